The standard InChI is InChI=1S/C23H34N2O6S.C19H25N3O5S.C19H24N2O5S.C13H19NO3.C9H17NO2S.C2HF3O2.CO2/c1-5-8-17(19-11-16(12-20(26)31-19)28-13-15-9-10-15)24-21(27)18-14-32-22(25-18)23(4,29-6-2)30-7-3;1-3-4-14(20-18(24)15-10-28-19(21-15)11(2)22-25)16-7-13(8-17(23)27-16)26-9-12-5-6-12;1-3-4-14(20-18(24)15-10-27-19(21-15)11(2)22)16-7-13(8-17(23)26-16)25-9-12-5-6-12;1-2-3-11(14)12-6-10(7-13(15)17-12)16-8-9-4-5-9;1-4-11-9(3,12-5-2)8-10-6-7-13-8;3-2(4,5)1(6)7;2-1-3/h11-12,15,17-18H,5-10,13-14H2,1-4H3,(H,24,27);7-8,12,14-15,25H,3-6,9-10H2,1-2H3,(H,20,24);7-8,12,14-15H,3-6,9-10H2,1-2H3,(H,20,24);6-7,9,11H,2-5,8,14H2,1H3;4-7H2,1-3H3;(H,6,7);/b;22-11+;;;;;/t17-,18+;2*14-,15+;11-;;;/m1111.../s1. The predicted octanol–water partition coefficient (Wildman–Crippen LogP) is 11.1. The van der Waals surface area contributed by atoms with Crippen molar-refractivity contribution in [1.29, 1.82) is 0 Å². The Hall–Kier alpha value is -8.93. The lowest BCUT2D eigenvalue weighted by Crippen LogP contribution is -2.53. The fourth-order valence-electron chi connectivity index (χ4n) is 12.2. The van der Waals surface area contributed by atoms with Gasteiger partial charge in [0.2, 0.25) is 29.3 Å². The van der Waals surface area contributed by atoms with E-state index in [0.717, 1.165) is 88.0 Å². The monoisotopic (exact) mass is 1860 g/mol. The maximum absolute atomic E-state index is 13.0. The van der Waals surface area contributed by atoms with Crippen LogP contribution in [0.25, 0.3) is 0 Å². The smallest absolute Gasteiger partial charge is 0.430 e. The third-order valence-corrected chi connectivity index (χ3v) is 24.1. The van der Waals surface area contributed by atoms with E-state index in [2.05, 4.69) is 53.7 Å². The molecular weight excluding hydrogens is 1740 g/mol. The van der Waals surface area contributed by atoms with Crippen LogP contribution in [-0.2, 0) is 52.5 Å². The average molecular weight is 1870 g/mol. The van der Waals surface area contributed by atoms with Crippen LogP contribution in [0.1, 0.15) is 233 Å². The number of quaternary nitrogens is 1. The second-order valence-corrected chi connectivity index (χ2v) is 34.8. The molecule has 8 aliphatic rings. The number of hydrogen-bond donors (Lipinski definition) is 5. The van der Waals surface area contributed by atoms with E-state index in [0.29, 0.717) is 180 Å². The van der Waals surface area contributed by atoms with E-state index in [-0.39, 0.29) is 41.3 Å². The quantitative estimate of drug-likeness (QED) is 0.0119. The number of aliphatic carboxylic acids is 1. The predicted molar refractivity (Wildman–Crippen MR) is 471 cm³/mol. The molecule has 34 nitrogen and oxygen atoms in total. The van der Waals surface area contributed by atoms with E-state index < -0.39 is 76.8 Å². The highest BCUT2D eigenvalue weighted by molar-refractivity contribution is 8.16. The highest BCUT2D eigenvalue weighted by Gasteiger charge is 2.41. The van der Waals surface area contributed by atoms with Gasteiger partial charge >= 0.3 is 34.8 Å². The van der Waals surface area contributed by atoms with Crippen LogP contribution in [0, 0.1) is 23.7 Å². The molecule has 704 valence electrons. The van der Waals surface area contributed by atoms with E-state index in [1.165, 1.54) is 79.3 Å². The minimum atomic E-state index is -5.19. The molecule has 3 amide bonds. The highest BCUT2D eigenvalue weighted by Crippen LogP contribution is 2.37. The third-order valence-electron chi connectivity index (χ3n) is 19.4. The number of nitrogens with one attached hydrogen (secondary N) is 3. The van der Waals surface area contributed by atoms with Crippen molar-refractivity contribution >= 4 is 109 Å². The third kappa shape index (κ3) is 38.3. The number of thioether (sulfide) groups is 4. The molecule has 4 aliphatic carbocycles. The van der Waals surface area contributed by atoms with Crippen molar-refractivity contribution in [3.8, 4) is 23.0 Å². The second-order valence-electron chi connectivity index (χ2n) is 30.7. The summed E-state index contributed by atoms with van der Waals surface area (Å²) in [7, 11) is 0. The van der Waals surface area contributed by atoms with Crippen molar-refractivity contribution in [2.75, 3.05) is 82.4 Å². The van der Waals surface area contributed by atoms with E-state index >= 15 is 0 Å². The zero-order chi connectivity index (χ0) is 93.4. The number of Topliss-reactive ketones (excluding diaryl/α,β-unsaturated/α-hetero) is 1. The van der Waals surface area contributed by atoms with E-state index in [4.69, 9.17) is 80.3 Å². The number of oxime groups is 1. The van der Waals surface area contributed by atoms with E-state index in [1.54, 1.807) is 43.0 Å². The molecule has 7 N–H and O–H groups in total. The zero-order valence-corrected chi connectivity index (χ0v) is 77.2. The topological polar surface area (TPSA) is 483 Å². The molecule has 0 radical (unpaired) electrons. The lowest BCUT2D eigenvalue weighted by atomic mass is 10.1. The van der Waals surface area contributed by atoms with Gasteiger partial charge in [-0.25, -0.2) is 19.2 Å². The number of halogens is 3. The molecule has 8 heterocycles. The van der Waals surface area contributed by atoms with Gasteiger partial charge in [0.15, 0.2) is 11.5 Å². The van der Waals surface area contributed by atoms with Crippen LogP contribution in [0.5, 0.6) is 23.0 Å². The zero-order valence-electron chi connectivity index (χ0n) is 73.9. The summed E-state index contributed by atoms with van der Waals surface area (Å²) in [6.45, 7) is 28.3. The first kappa shape index (κ1) is 107. The Morgan fingerprint density at radius 3 is 1.10 bits per heavy atom. The number of carbonyl (C=O) groups excluding carboxylic acids is 7. The summed E-state index contributed by atoms with van der Waals surface area (Å²) in [6.07, 6.45) is 10.7. The van der Waals surface area contributed by atoms with Crippen molar-refractivity contribution in [3.05, 3.63) is 113 Å². The molecule has 0 saturated heterocycles. The Morgan fingerprint density at radius 2 is 0.811 bits per heavy atom. The SMILES string of the molecule is CCC[C@@H](NC(=O)[C@@H]1CSC(/C(C)=N/O)=N1)c1cc(OCC2CC2)cc(=O)o1.CCC[C@@H](NC(=O)[C@@H]1CSC(C(C)(OCC)OCC)=N1)c1cc(OCC2CC2)cc(=O)o1.CCC[C@@H](NC(=O)[C@@H]1CSC(C(C)=O)=N1)c1cc(OCC2CC2)cc(=O)o1.CCC[C@@H]([NH3+])c1cc(OCC2CC2)cc(=O)o1.CCOC(C)(OCC)C1=NCCS1.O=C([O-])C(F)(F)F.O=C=O. The largest absolute Gasteiger partial charge is 0.542 e. The van der Waals surface area contributed by atoms with Crippen LogP contribution in [0.3, 0.4) is 0 Å². The van der Waals surface area contributed by atoms with E-state index in [9.17, 15) is 51.5 Å². The molecule has 0 spiro atoms. The molecule has 12 rings (SSSR count). The number of nitrogens with zero attached hydrogens (tertiary/aromatic N) is 5. The van der Waals surface area contributed by atoms with Crippen molar-refractivity contribution in [2.45, 2.75) is 246 Å². The number of amides is 3. The minimum absolute atomic E-state index is 0.0252. The van der Waals surface area contributed by atoms with Crippen LogP contribution in [-0.4, -0.2) is 185 Å². The number of alkyl halides is 3. The molecule has 4 fully saturated rings. The number of carboxylic acid groups (broad SMARTS) is 1. The van der Waals surface area contributed by atoms with Crippen molar-refractivity contribution in [3.63, 3.8) is 0 Å². The summed E-state index contributed by atoms with van der Waals surface area (Å²) in [5, 5.41) is 32.2. The first-order valence-electron chi connectivity index (χ1n) is 42.8. The van der Waals surface area contributed by atoms with Gasteiger partial charge in [0.1, 0.15) is 96.3 Å². The fraction of sp³-hybridized carbons (Fsp3) is 0.640. The van der Waals surface area contributed by atoms with E-state index in [1.807, 2.05) is 62.3 Å². The molecule has 4 saturated carbocycles. The Labute approximate surface area is 752 Å². The van der Waals surface area contributed by atoms with Gasteiger partial charge in [-0.1, -0.05) is 58.5 Å². The van der Waals surface area contributed by atoms with Crippen LogP contribution in [0.15, 0.2) is 111 Å². The molecule has 0 aromatic carbocycles. The van der Waals surface area contributed by atoms with Crippen molar-refractivity contribution in [1.82, 2.24) is 16.0 Å². The first-order chi connectivity index (χ1) is 60.6. The number of carboxylic acids is 1. The Bertz CT molecular complexity index is 4640. The lowest BCUT2D eigenvalue weighted by molar-refractivity contribution is -0.432. The van der Waals surface area contributed by atoms with Crippen LogP contribution >= 0.6 is 47.0 Å². The lowest BCUT2D eigenvalue weighted by Gasteiger charge is -2.28. The second kappa shape index (κ2) is 54.5. The normalized spacial score (nSPS) is 18.5. The fourth-order valence-corrected chi connectivity index (χ4v) is 16.2. The van der Waals surface area contributed by atoms with Gasteiger partial charge in [-0.3, -0.25) is 39.1 Å². The summed E-state index contributed by atoms with van der Waals surface area (Å²) < 4.78 is 98.3. The first-order valence-corrected chi connectivity index (χ1v) is 46.7. The molecule has 4 aromatic heterocycles. The maximum Gasteiger partial charge on any atom is 0.430 e. The van der Waals surface area contributed by atoms with Crippen molar-refractivity contribution in [2.24, 2.45) is 48.8 Å². The number of ether oxygens (including phenoxy) is 8. The number of aliphatic imine (C=N–C) groups is 4. The highest BCUT2D eigenvalue weighted by atomic mass is 32.2. The summed E-state index contributed by atoms with van der Waals surface area (Å²) in [4.78, 5) is 140. The number of hydrogen-bond acceptors (Lipinski definition) is 34. The minimum Gasteiger partial charge on any atom is -0.542 e. The van der Waals surface area contributed by atoms with Gasteiger partial charge in [-0.05, 0) is 143 Å². The number of rotatable bonds is 42. The molecule has 7 atom stereocenters. The van der Waals surface area contributed by atoms with Gasteiger partial charge in [0.05, 0.1) is 68.8 Å². The van der Waals surface area contributed by atoms with Gasteiger partial charge in [-0.15, -0.1) is 47.0 Å². The van der Waals surface area contributed by atoms with Crippen LogP contribution < -0.4 is 68.2 Å². The summed E-state index contributed by atoms with van der Waals surface area (Å²) in [6, 6.07) is 9.27. The van der Waals surface area contributed by atoms with Gasteiger partial charge in [-0.2, -0.15) is 22.8 Å². The molecule has 41 heteroatoms. The molecule has 0 bridgehead atoms. The van der Waals surface area contributed by atoms with Crippen LogP contribution in [0.4, 0.5) is 13.2 Å². The Balaban J connectivity index is 0.000000244. The molecule has 127 heavy (non-hydrogen) atoms. The summed E-state index contributed by atoms with van der Waals surface area (Å²) in [5.74, 6) is 3.26. The van der Waals surface area contributed by atoms with Gasteiger partial charge in [0.25, 0.3) is 0 Å². The Morgan fingerprint density at radius 1 is 0.504 bits per heavy atom. The molecular formula is C86H120F3N9O25S4. The summed E-state index contributed by atoms with van der Waals surface area (Å²) >= 11 is 5.86. The Kier molecular flexibility index (Phi) is 45.9. The van der Waals surface area contributed by atoms with Crippen molar-refractivity contribution < 1.29 is 118 Å². The van der Waals surface area contributed by atoms with Gasteiger partial charge in [0, 0.05) is 93.6 Å². The average Bonchev–Trinajstić information content (AvgIpc) is 1.61. The summed E-state index contributed by atoms with van der Waals surface area (Å²) in [5.41, 5.74) is 2.56. The number of ketones is 1. The number of carbonyl (C=O) groups is 5. The molecule has 0 unspecified atom stereocenters. The van der Waals surface area contributed by atoms with Crippen LogP contribution in [0.2, 0.25) is 0 Å². The maximum atomic E-state index is 13.0. The molecule has 4 aliphatic heterocycles. The van der Waals surface area contributed by atoms with Gasteiger partial charge < -0.3 is 92.4 Å². The molecule has 4 aromatic rings.